The summed E-state index contributed by atoms with van der Waals surface area (Å²) in [6.45, 7) is 0.723. The van der Waals surface area contributed by atoms with E-state index >= 15 is 0 Å². The second-order valence-electron chi connectivity index (χ2n) is 6.51. The van der Waals surface area contributed by atoms with E-state index in [9.17, 15) is 0 Å². The third-order valence-corrected chi connectivity index (χ3v) is 4.37. The smallest absolute Gasteiger partial charge is 0.182 e. The van der Waals surface area contributed by atoms with Crippen LogP contribution in [0.3, 0.4) is 0 Å². The Labute approximate surface area is 146 Å². The topological polar surface area (TPSA) is 71.8 Å². The summed E-state index contributed by atoms with van der Waals surface area (Å²) in [5.41, 5.74) is 4.43. The summed E-state index contributed by atoms with van der Waals surface area (Å²) in [5, 5.41) is 15.6. The van der Waals surface area contributed by atoms with E-state index < -0.39 is 0 Å². The molecule has 2 aromatic heterocycles. The van der Waals surface area contributed by atoms with Gasteiger partial charge < -0.3 is 10.2 Å². The third kappa shape index (κ3) is 3.31. The number of hydrogen-bond acceptors (Lipinski definition) is 6. The minimum Gasteiger partial charge on any atom is -0.381 e. The van der Waals surface area contributed by atoms with Crippen molar-refractivity contribution in [3.8, 4) is 11.4 Å². The molecule has 0 spiro atoms. The Morgan fingerprint density at radius 3 is 2.68 bits per heavy atom. The largest absolute Gasteiger partial charge is 0.381 e. The van der Waals surface area contributed by atoms with Crippen LogP contribution >= 0.6 is 0 Å². The van der Waals surface area contributed by atoms with Gasteiger partial charge in [0.05, 0.1) is 6.04 Å². The number of tetrazole rings is 1. The molecule has 1 aliphatic rings. The third-order valence-electron chi connectivity index (χ3n) is 4.37. The molecule has 1 N–H and O–H groups in total. The maximum absolute atomic E-state index is 4.23. The van der Waals surface area contributed by atoms with Crippen LogP contribution in [-0.4, -0.2) is 39.3 Å². The first-order chi connectivity index (χ1) is 12.2. The number of nitrogens with zero attached hydrogens (tertiary/aromatic N) is 6. The summed E-state index contributed by atoms with van der Waals surface area (Å²) < 4.78 is 1.93. The van der Waals surface area contributed by atoms with Crippen molar-refractivity contribution in [3.63, 3.8) is 0 Å². The van der Waals surface area contributed by atoms with Gasteiger partial charge in [-0.3, -0.25) is 4.98 Å². The first-order valence-electron chi connectivity index (χ1n) is 8.45. The van der Waals surface area contributed by atoms with Gasteiger partial charge in [0, 0.05) is 55.5 Å². The molecule has 7 heteroatoms. The molecular weight excluding hydrogens is 314 g/mol. The highest BCUT2D eigenvalue weighted by molar-refractivity contribution is 5.60. The van der Waals surface area contributed by atoms with Gasteiger partial charge in [-0.25, -0.2) is 4.68 Å². The number of rotatable bonds is 6. The Morgan fingerprint density at radius 2 is 1.96 bits per heavy atom. The van der Waals surface area contributed by atoms with E-state index in [2.05, 4.69) is 55.0 Å². The monoisotopic (exact) mass is 335 g/mol. The molecule has 0 atom stereocenters. The summed E-state index contributed by atoms with van der Waals surface area (Å²) in [7, 11) is 4.08. The molecule has 0 unspecified atom stereocenters. The Bertz CT molecular complexity index is 850. The van der Waals surface area contributed by atoms with Crippen molar-refractivity contribution in [2.45, 2.75) is 25.4 Å². The molecule has 0 saturated heterocycles. The average molecular weight is 335 g/mol. The number of hydrogen-bond donors (Lipinski definition) is 1. The fourth-order valence-corrected chi connectivity index (χ4v) is 2.88. The molecule has 0 amide bonds. The zero-order chi connectivity index (χ0) is 17.2. The van der Waals surface area contributed by atoms with E-state index in [1.807, 2.05) is 37.2 Å². The van der Waals surface area contributed by atoms with Gasteiger partial charge in [0.15, 0.2) is 5.82 Å². The van der Waals surface area contributed by atoms with Crippen LogP contribution in [0.4, 0.5) is 11.4 Å². The quantitative estimate of drug-likeness (QED) is 0.747. The summed E-state index contributed by atoms with van der Waals surface area (Å²) in [6, 6.07) is 10.7. The Hall–Kier alpha value is -2.96. The van der Waals surface area contributed by atoms with Crippen LogP contribution in [0.1, 0.15) is 24.4 Å². The molecular formula is C18H21N7. The van der Waals surface area contributed by atoms with Crippen LogP contribution in [0, 0.1) is 0 Å². The van der Waals surface area contributed by atoms with Gasteiger partial charge in [-0.1, -0.05) is 0 Å². The standard InChI is InChI=1S/C18H21N7/c1-24(2)17-9-10-19-11-14(17)12-20-15-5-3-13(4-6-15)18-21-22-23-25(18)16-7-8-16/h3-6,9-11,16,20H,7-8,12H2,1-2H3. The molecule has 1 saturated carbocycles. The van der Waals surface area contributed by atoms with E-state index in [-0.39, 0.29) is 0 Å². The molecule has 4 rings (SSSR count). The van der Waals surface area contributed by atoms with Crippen molar-refractivity contribution in [1.82, 2.24) is 25.2 Å². The molecule has 7 nitrogen and oxygen atoms in total. The fourth-order valence-electron chi connectivity index (χ4n) is 2.88. The van der Waals surface area contributed by atoms with E-state index in [0.717, 1.165) is 42.0 Å². The number of aromatic nitrogens is 5. The van der Waals surface area contributed by atoms with Crippen LogP contribution in [0.5, 0.6) is 0 Å². The van der Waals surface area contributed by atoms with Crippen LogP contribution in [0.2, 0.25) is 0 Å². The van der Waals surface area contributed by atoms with Gasteiger partial charge in [0.2, 0.25) is 0 Å². The summed E-state index contributed by atoms with van der Waals surface area (Å²) in [4.78, 5) is 6.33. The zero-order valence-electron chi connectivity index (χ0n) is 14.4. The lowest BCUT2D eigenvalue weighted by atomic mass is 10.1. The second-order valence-corrected chi connectivity index (χ2v) is 6.51. The Morgan fingerprint density at radius 1 is 1.16 bits per heavy atom. The highest BCUT2D eigenvalue weighted by Gasteiger charge is 2.28. The van der Waals surface area contributed by atoms with E-state index in [4.69, 9.17) is 0 Å². The minimum absolute atomic E-state index is 0.470. The SMILES string of the molecule is CN(C)c1ccncc1CNc1ccc(-c2nnnn2C2CC2)cc1. The molecule has 3 aromatic rings. The van der Waals surface area contributed by atoms with Crippen LogP contribution in [0.15, 0.2) is 42.7 Å². The van der Waals surface area contributed by atoms with Gasteiger partial charge in [-0.2, -0.15) is 0 Å². The lowest BCUT2D eigenvalue weighted by molar-refractivity contribution is 0.615. The molecule has 0 aliphatic heterocycles. The van der Waals surface area contributed by atoms with Crippen LogP contribution in [-0.2, 0) is 6.54 Å². The molecule has 2 heterocycles. The molecule has 128 valence electrons. The minimum atomic E-state index is 0.470. The Kier molecular flexibility index (Phi) is 4.05. The second kappa shape index (κ2) is 6.51. The highest BCUT2D eigenvalue weighted by atomic mass is 15.6. The summed E-state index contributed by atoms with van der Waals surface area (Å²) in [6.07, 6.45) is 6.05. The molecule has 1 fully saturated rings. The van der Waals surface area contributed by atoms with Crippen molar-refractivity contribution in [2.75, 3.05) is 24.3 Å². The van der Waals surface area contributed by atoms with Crippen molar-refractivity contribution in [1.29, 1.82) is 0 Å². The zero-order valence-corrected chi connectivity index (χ0v) is 14.4. The summed E-state index contributed by atoms with van der Waals surface area (Å²) in [5.74, 6) is 0.844. The van der Waals surface area contributed by atoms with E-state index in [1.54, 1.807) is 0 Å². The maximum Gasteiger partial charge on any atom is 0.182 e. The summed E-state index contributed by atoms with van der Waals surface area (Å²) >= 11 is 0. The van der Waals surface area contributed by atoms with Crippen molar-refractivity contribution < 1.29 is 0 Å². The van der Waals surface area contributed by atoms with Gasteiger partial charge in [-0.15, -0.1) is 5.10 Å². The number of pyridine rings is 1. The van der Waals surface area contributed by atoms with Crippen molar-refractivity contribution >= 4 is 11.4 Å². The maximum atomic E-state index is 4.23. The average Bonchev–Trinajstić information content (AvgIpc) is 3.37. The molecule has 1 aliphatic carbocycles. The fraction of sp³-hybridized carbons (Fsp3) is 0.333. The predicted molar refractivity (Wildman–Crippen MR) is 97.4 cm³/mol. The van der Waals surface area contributed by atoms with Gasteiger partial charge >= 0.3 is 0 Å². The van der Waals surface area contributed by atoms with Crippen LogP contribution < -0.4 is 10.2 Å². The first kappa shape index (κ1) is 15.6. The number of nitrogens with one attached hydrogen (secondary N) is 1. The number of benzene rings is 1. The predicted octanol–water partition coefficient (Wildman–Crippen LogP) is 2.75. The van der Waals surface area contributed by atoms with Gasteiger partial charge in [-0.05, 0) is 53.6 Å². The lowest BCUT2D eigenvalue weighted by Gasteiger charge is -2.17. The normalized spacial score (nSPS) is 13.7. The lowest BCUT2D eigenvalue weighted by Crippen LogP contribution is -2.13. The first-order valence-corrected chi connectivity index (χ1v) is 8.45. The van der Waals surface area contributed by atoms with Crippen molar-refractivity contribution in [2.24, 2.45) is 0 Å². The molecule has 1 aromatic carbocycles. The van der Waals surface area contributed by atoms with Gasteiger partial charge in [0.1, 0.15) is 0 Å². The van der Waals surface area contributed by atoms with E-state index in [1.165, 1.54) is 5.69 Å². The molecule has 0 bridgehead atoms. The number of anilines is 2. The van der Waals surface area contributed by atoms with Crippen LogP contribution in [0.25, 0.3) is 11.4 Å². The highest BCUT2D eigenvalue weighted by Crippen LogP contribution is 2.36. The van der Waals surface area contributed by atoms with E-state index in [0.29, 0.717) is 6.04 Å². The molecule has 25 heavy (non-hydrogen) atoms. The molecule has 0 radical (unpaired) electrons. The Balaban J connectivity index is 1.47. The van der Waals surface area contributed by atoms with Gasteiger partial charge in [0.25, 0.3) is 0 Å². The van der Waals surface area contributed by atoms with Crippen molar-refractivity contribution in [3.05, 3.63) is 48.3 Å².